The lowest BCUT2D eigenvalue weighted by Gasteiger charge is -2.34. The number of Topliss-reactive ketones (excluding diaryl/α,β-unsaturated/α-hetero) is 1. The second-order valence-electron chi connectivity index (χ2n) is 4.14. The molecule has 0 aliphatic heterocycles. The first-order valence-corrected chi connectivity index (χ1v) is 6.84. The van der Waals surface area contributed by atoms with E-state index in [-0.39, 0.29) is 5.78 Å². The summed E-state index contributed by atoms with van der Waals surface area (Å²) in [4.78, 5) is 12.6. The Morgan fingerprint density at radius 1 is 1.62 bits per heavy atom. The van der Waals surface area contributed by atoms with E-state index in [1.165, 1.54) is 11.3 Å². The van der Waals surface area contributed by atoms with Crippen molar-refractivity contribution < 1.29 is 9.53 Å². The number of thiophene rings is 1. The predicted molar refractivity (Wildman–Crippen MR) is 66.4 cm³/mol. The molecule has 0 spiro atoms. The third-order valence-electron chi connectivity index (χ3n) is 2.94. The molecule has 0 radical (unpaired) electrons. The smallest absolute Gasteiger partial charge is 0.174 e. The highest BCUT2D eigenvalue weighted by atomic mass is 35.5. The minimum Gasteiger partial charge on any atom is -0.378 e. The van der Waals surface area contributed by atoms with E-state index in [1.807, 2.05) is 12.3 Å². The monoisotopic (exact) mass is 258 g/mol. The SMILES string of the molecule is CCOC1CC(CC(=O)c2sccc2Cl)C1. The van der Waals surface area contributed by atoms with Gasteiger partial charge < -0.3 is 4.74 Å². The van der Waals surface area contributed by atoms with Crippen LogP contribution in [0.15, 0.2) is 11.4 Å². The van der Waals surface area contributed by atoms with Crippen molar-refractivity contribution in [1.82, 2.24) is 0 Å². The van der Waals surface area contributed by atoms with E-state index in [1.54, 1.807) is 6.07 Å². The maximum absolute atomic E-state index is 11.9. The van der Waals surface area contributed by atoms with Gasteiger partial charge in [0.25, 0.3) is 0 Å². The van der Waals surface area contributed by atoms with Crippen LogP contribution in [0.5, 0.6) is 0 Å². The van der Waals surface area contributed by atoms with Crippen molar-refractivity contribution in [3.63, 3.8) is 0 Å². The average molecular weight is 259 g/mol. The Morgan fingerprint density at radius 2 is 2.38 bits per heavy atom. The first-order chi connectivity index (χ1) is 7.70. The number of ether oxygens (including phenoxy) is 1. The highest BCUT2D eigenvalue weighted by molar-refractivity contribution is 7.12. The number of ketones is 1. The average Bonchev–Trinajstić information content (AvgIpc) is 2.61. The van der Waals surface area contributed by atoms with Gasteiger partial charge in [0.2, 0.25) is 0 Å². The van der Waals surface area contributed by atoms with Crippen LogP contribution < -0.4 is 0 Å². The second-order valence-corrected chi connectivity index (χ2v) is 5.46. The van der Waals surface area contributed by atoms with Crippen LogP contribution >= 0.6 is 22.9 Å². The summed E-state index contributed by atoms with van der Waals surface area (Å²) >= 11 is 7.36. The number of rotatable bonds is 5. The van der Waals surface area contributed by atoms with Crippen molar-refractivity contribution in [2.75, 3.05) is 6.61 Å². The summed E-state index contributed by atoms with van der Waals surface area (Å²) < 4.78 is 5.47. The molecule has 0 bridgehead atoms. The first kappa shape index (κ1) is 12.1. The van der Waals surface area contributed by atoms with Crippen molar-refractivity contribution in [1.29, 1.82) is 0 Å². The molecule has 1 aliphatic carbocycles. The van der Waals surface area contributed by atoms with Crippen LogP contribution in [0.4, 0.5) is 0 Å². The molecule has 4 heteroatoms. The van der Waals surface area contributed by atoms with Crippen LogP contribution in [0, 0.1) is 5.92 Å². The lowest BCUT2D eigenvalue weighted by Crippen LogP contribution is -2.32. The second kappa shape index (κ2) is 5.30. The third kappa shape index (κ3) is 2.65. The van der Waals surface area contributed by atoms with Gasteiger partial charge in [-0.05, 0) is 37.1 Å². The normalized spacial score (nSPS) is 24.1. The van der Waals surface area contributed by atoms with Gasteiger partial charge in [-0.1, -0.05) is 11.6 Å². The number of hydrogen-bond donors (Lipinski definition) is 0. The van der Waals surface area contributed by atoms with Gasteiger partial charge in [0.15, 0.2) is 5.78 Å². The summed E-state index contributed by atoms with van der Waals surface area (Å²) in [7, 11) is 0. The molecule has 0 saturated heterocycles. The summed E-state index contributed by atoms with van der Waals surface area (Å²) in [5, 5.41) is 2.45. The Labute approximate surface area is 105 Å². The van der Waals surface area contributed by atoms with Crippen LogP contribution in [0.25, 0.3) is 0 Å². The Hall–Kier alpha value is -0.380. The van der Waals surface area contributed by atoms with Gasteiger partial charge in [-0.3, -0.25) is 4.79 Å². The zero-order valence-corrected chi connectivity index (χ0v) is 10.8. The fourth-order valence-electron chi connectivity index (χ4n) is 2.06. The van der Waals surface area contributed by atoms with Crippen molar-refractivity contribution in [3.8, 4) is 0 Å². The minimum absolute atomic E-state index is 0.181. The van der Waals surface area contributed by atoms with E-state index in [4.69, 9.17) is 16.3 Å². The van der Waals surface area contributed by atoms with E-state index >= 15 is 0 Å². The van der Waals surface area contributed by atoms with Crippen molar-refractivity contribution in [2.24, 2.45) is 5.92 Å². The summed E-state index contributed by atoms with van der Waals surface area (Å²) in [5.74, 6) is 0.669. The molecular weight excluding hydrogens is 244 g/mol. The van der Waals surface area contributed by atoms with Crippen LogP contribution in [0.1, 0.15) is 35.9 Å². The lowest BCUT2D eigenvalue weighted by atomic mass is 9.79. The summed E-state index contributed by atoms with van der Waals surface area (Å²) in [6, 6.07) is 1.78. The molecule has 88 valence electrons. The number of carbonyl (C=O) groups excluding carboxylic acids is 1. The van der Waals surface area contributed by atoms with Crippen molar-refractivity contribution >= 4 is 28.7 Å². The summed E-state index contributed by atoms with van der Waals surface area (Å²) in [6.07, 6.45) is 3.02. The molecule has 0 aromatic carbocycles. The molecule has 0 N–H and O–H groups in total. The zero-order valence-electron chi connectivity index (χ0n) is 9.24. The van der Waals surface area contributed by atoms with Gasteiger partial charge in [-0.15, -0.1) is 11.3 Å². The van der Waals surface area contributed by atoms with Crippen LogP contribution in [0.3, 0.4) is 0 Å². The molecular formula is C12H15ClO2S. The standard InChI is InChI=1S/C12H15ClO2S/c1-2-15-9-5-8(6-9)7-11(14)12-10(13)3-4-16-12/h3-4,8-9H,2,5-7H2,1H3. The van der Waals surface area contributed by atoms with E-state index < -0.39 is 0 Å². The Bertz CT molecular complexity index is 369. The number of hydrogen-bond acceptors (Lipinski definition) is 3. The zero-order chi connectivity index (χ0) is 11.5. The minimum atomic E-state index is 0.181. The first-order valence-electron chi connectivity index (χ1n) is 5.58. The van der Waals surface area contributed by atoms with Crippen molar-refractivity contribution in [3.05, 3.63) is 21.3 Å². The summed E-state index contributed by atoms with van der Waals surface area (Å²) in [6.45, 7) is 2.77. The maximum Gasteiger partial charge on any atom is 0.174 e. The van der Waals surface area contributed by atoms with Gasteiger partial charge in [0.1, 0.15) is 0 Å². The fraction of sp³-hybridized carbons (Fsp3) is 0.583. The van der Waals surface area contributed by atoms with E-state index in [0.717, 1.165) is 19.4 Å². The Kier molecular flexibility index (Phi) is 4.00. The maximum atomic E-state index is 11.9. The quantitative estimate of drug-likeness (QED) is 0.751. The molecule has 1 aliphatic rings. The van der Waals surface area contributed by atoms with E-state index in [0.29, 0.717) is 28.3 Å². The molecule has 0 amide bonds. The van der Waals surface area contributed by atoms with Crippen molar-refractivity contribution in [2.45, 2.75) is 32.3 Å². The van der Waals surface area contributed by atoms with Gasteiger partial charge in [-0.2, -0.15) is 0 Å². The van der Waals surface area contributed by atoms with E-state index in [9.17, 15) is 4.79 Å². The highest BCUT2D eigenvalue weighted by Crippen LogP contribution is 2.35. The number of halogens is 1. The fourth-order valence-corrected chi connectivity index (χ4v) is 3.17. The molecule has 1 aromatic heterocycles. The van der Waals surface area contributed by atoms with Gasteiger partial charge in [0.05, 0.1) is 16.0 Å². The van der Waals surface area contributed by atoms with Crippen LogP contribution in [-0.2, 0) is 4.74 Å². The van der Waals surface area contributed by atoms with Gasteiger partial charge >= 0.3 is 0 Å². The van der Waals surface area contributed by atoms with Gasteiger partial charge in [-0.25, -0.2) is 0 Å². The molecule has 1 heterocycles. The molecule has 2 rings (SSSR count). The highest BCUT2D eigenvalue weighted by Gasteiger charge is 2.31. The Morgan fingerprint density at radius 3 is 2.94 bits per heavy atom. The predicted octanol–water partition coefficient (Wildman–Crippen LogP) is 3.79. The molecule has 0 unspecified atom stereocenters. The lowest BCUT2D eigenvalue weighted by molar-refractivity contribution is -0.0245. The van der Waals surface area contributed by atoms with E-state index in [2.05, 4.69) is 0 Å². The topological polar surface area (TPSA) is 26.3 Å². The van der Waals surface area contributed by atoms with Gasteiger partial charge in [0, 0.05) is 13.0 Å². The Balaban J connectivity index is 1.80. The third-order valence-corrected chi connectivity index (χ3v) is 4.32. The molecule has 1 fully saturated rings. The molecule has 16 heavy (non-hydrogen) atoms. The largest absolute Gasteiger partial charge is 0.378 e. The van der Waals surface area contributed by atoms with Crippen LogP contribution in [-0.4, -0.2) is 18.5 Å². The number of carbonyl (C=O) groups is 1. The van der Waals surface area contributed by atoms with Crippen LogP contribution in [0.2, 0.25) is 5.02 Å². The molecule has 0 atom stereocenters. The molecule has 1 aromatic rings. The molecule has 1 saturated carbocycles. The molecule has 2 nitrogen and oxygen atoms in total. The summed E-state index contributed by atoms with van der Waals surface area (Å²) in [5.41, 5.74) is 0.